The number of nitrogens with zero attached hydrogens (tertiary/aromatic N) is 2. The number of sulfonamides is 1. The Kier molecular flexibility index (Phi) is 3.54. The molecule has 6 nitrogen and oxygen atoms in total. The highest BCUT2D eigenvalue weighted by Gasteiger charge is 2.10. The molecule has 1 aromatic rings. The van der Waals surface area contributed by atoms with Crippen LogP contribution < -0.4 is 5.49 Å². The third-order valence-corrected chi connectivity index (χ3v) is 3.88. The van der Waals surface area contributed by atoms with E-state index in [9.17, 15) is 16.8 Å². The Morgan fingerprint density at radius 3 is 2.38 bits per heavy atom. The topological polar surface area (TPSA) is 85.6 Å². The van der Waals surface area contributed by atoms with Crippen LogP contribution >= 0.6 is 0 Å². The lowest BCUT2D eigenvalue weighted by molar-refractivity contribution is 0.585. The minimum absolute atomic E-state index is 0.119. The molecule has 0 aromatic carbocycles. The van der Waals surface area contributed by atoms with E-state index in [0.29, 0.717) is 0 Å². The predicted octanol–water partition coefficient (Wildman–Crippen LogP) is -0.454. The molecule has 0 aliphatic heterocycles. The molecular weight excluding hydrogens is 252 g/mol. The van der Waals surface area contributed by atoms with Gasteiger partial charge in [-0.05, 0) is 19.1 Å². The van der Waals surface area contributed by atoms with Crippen molar-refractivity contribution in [3.8, 4) is 0 Å². The first kappa shape index (κ1) is 12.9. The zero-order chi connectivity index (χ0) is 12.4. The average molecular weight is 264 g/mol. The van der Waals surface area contributed by atoms with Crippen LogP contribution in [0.25, 0.3) is 0 Å². The van der Waals surface area contributed by atoms with Gasteiger partial charge in [-0.2, -0.15) is 0 Å². The maximum absolute atomic E-state index is 11.6. The van der Waals surface area contributed by atoms with Crippen LogP contribution in [0.1, 0.15) is 6.92 Å². The van der Waals surface area contributed by atoms with Crippen LogP contribution in [0.2, 0.25) is 0 Å². The van der Waals surface area contributed by atoms with Gasteiger partial charge in [-0.15, -0.1) is 4.40 Å². The number of hydrogen-bond acceptors (Lipinski definition) is 4. The Bertz CT molecular complexity index is 641. The number of rotatable bonds is 3. The van der Waals surface area contributed by atoms with Crippen LogP contribution in [0.15, 0.2) is 28.8 Å². The highest BCUT2D eigenvalue weighted by Crippen LogP contribution is 1.93. The molecule has 0 spiro atoms. The SMILES string of the molecule is CCS(=O)(=O)n1cccc/c1=N/S(C)(=O)=O. The monoisotopic (exact) mass is 264 g/mol. The zero-order valence-corrected chi connectivity index (χ0v) is 10.5. The van der Waals surface area contributed by atoms with Crippen LogP contribution in [0, 0.1) is 0 Å². The minimum atomic E-state index is -3.63. The van der Waals surface area contributed by atoms with Gasteiger partial charge in [-0.25, -0.2) is 20.8 Å². The molecule has 16 heavy (non-hydrogen) atoms. The van der Waals surface area contributed by atoms with Gasteiger partial charge >= 0.3 is 0 Å². The highest BCUT2D eigenvalue weighted by atomic mass is 32.2. The van der Waals surface area contributed by atoms with Crippen molar-refractivity contribution in [2.45, 2.75) is 6.92 Å². The predicted molar refractivity (Wildman–Crippen MR) is 59.7 cm³/mol. The molecule has 1 heterocycles. The van der Waals surface area contributed by atoms with Gasteiger partial charge in [0, 0.05) is 6.20 Å². The lowest BCUT2D eigenvalue weighted by Crippen LogP contribution is -2.29. The van der Waals surface area contributed by atoms with Crippen molar-refractivity contribution in [2.75, 3.05) is 12.0 Å². The molecule has 90 valence electrons. The quantitative estimate of drug-likeness (QED) is 0.739. The number of hydrogen-bond donors (Lipinski definition) is 0. The van der Waals surface area contributed by atoms with Crippen molar-refractivity contribution >= 4 is 20.0 Å². The molecule has 0 fully saturated rings. The fraction of sp³-hybridized carbons (Fsp3) is 0.375. The van der Waals surface area contributed by atoms with Gasteiger partial charge in [0.05, 0.1) is 12.0 Å². The van der Waals surface area contributed by atoms with Crippen molar-refractivity contribution in [2.24, 2.45) is 4.40 Å². The maximum Gasteiger partial charge on any atom is 0.252 e. The van der Waals surface area contributed by atoms with Gasteiger partial charge < -0.3 is 0 Å². The summed E-state index contributed by atoms with van der Waals surface area (Å²) in [5, 5.41) is 0. The molecule has 0 saturated heterocycles. The van der Waals surface area contributed by atoms with Crippen LogP contribution in [0.5, 0.6) is 0 Å². The lowest BCUT2D eigenvalue weighted by atomic mass is 10.5. The first-order valence-electron chi connectivity index (χ1n) is 4.43. The van der Waals surface area contributed by atoms with E-state index < -0.39 is 20.0 Å². The average Bonchev–Trinajstić information content (AvgIpc) is 2.16. The number of aromatic nitrogens is 1. The van der Waals surface area contributed by atoms with Crippen LogP contribution in [-0.2, 0) is 20.0 Å². The van der Waals surface area contributed by atoms with E-state index in [0.717, 1.165) is 10.2 Å². The van der Waals surface area contributed by atoms with Gasteiger partial charge in [-0.3, -0.25) is 0 Å². The van der Waals surface area contributed by atoms with Crippen molar-refractivity contribution < 1.29 is 16.8 Å². The molecule has 0 radical (unpaired) electrons. The van der Waals surface area contributed by atoms with Gasteiger partial charge in [0.15, 0.2) is 5.49 Å². The van der Waals surface area contributed by atoms with E-state index in [-0.39, 0.29) is 11.2 Å². The molecule has 1 rings (SSSR count). The van der Waals surface area contributed by atoms with Crippen LogP contribution in [-0.4, -0.2) is 32.8 Å². The second kappa shape index (κ2) is 4.38. The third-order valence-electron chi connectivity index (χ3n) is 1.73. The molecule has 1 aromatic heterocycles. The molecule has 0 unspecified atom stereocenters. The van der Waals surface area contributed by atoms with Crippen molar-refractivity contribution in [1.29, 1.82) is 0 Å². The summed E-state index contributed by atoms with van der Waals surface area (Å²) >= 11 is 0. The molecule has 0 saturated carbocycles. The smallest absolute Gasteiger partial charge is 0.228 e. The maximum atomic E-state index is 11.6. The van der Waals surface area contributed by atoms with E-state index in [2.05, 4.69) is 4.40 Å². The molecule has 0 aliphatic carbocycles. The van der Waals surface area contributed by atoms with Crippen molar-refractivity contribution in [1.82, 2.24) is 3.97 Å². The summed E-state index contributed by atoms with van der Waals surface area (Å²) in [5.74, 6) is -0.131. The summed E-state index contributed by atoms with van der Waals surface area (Å²) in [5.41, 5.74) is -0.119. The second-order valence-electron chi connectivity index (χ2n) is 3.08. The van der Waals surface area contributed by atoms with Crippen molar-refractivity contribution in [3.05, 3.63) is 29.9 Å². The fourth-order valence-electron chi connectivity index (χ4n) is 1.03. The van der Waals surface area contributed by atoms with Gasteiger partial charge in [0.25, 0.3) is 10.0 Å². The van der Waals surface area contributed by atoms with E-state index in [4.69, 9.17) is 0 Å². The summed E-state index contributed by atoms with van der Waals surface area (Å²) in [6.45, 7) is 1.47. The summed E-state index contributed by atoms with van der Waals surface area (Å²) in [4.78, 5) is 0. The van der Waals surface area contributed by atoms with Gasteiger partial charge in [-0.1, -0.05) is 6.07 Å². The largest absolute Gasteiger partial charge is 0.252 e. The summed E-state index contributed by atoms with van der Waals surface area (Å²) in [7, 11) is -7.17. The Morgan fingerprint density at radius 2 is 1.88 bits per heavy atom. The van der Waals surface area contributed by atoms with E-state index in [1.165, 1.54) is 31.3 Å². The molecule has 0 aliphatic rings. The molecule has 0 amide bonds. The molecule has 8 heteroatoms. The zero-order valence-electron chi connectivity index (χ0n) is 8.86. The minimum Gasteiger partial charge on any atom is -0.228 e. The molecule has 0 N–H and O–H groups in total. The first-order chi connectivity index (χ1) is 7.26. The molecular formula is C8H12N2O4S2. The Labute approximate surface area is 94.4 Å². The Hall–Kier alpha value is -1.15. The first-order valence-corrected chi connectivity index (χ1v) is 7.89. The summed E-state index contributed by atoms with van der Waals surface area (Å²) < 4.78 is 49.4. The third kappa shape index (κ3) is 3.17. The van der Waals surface area contributed by atoms with E-state index in [1.54, 1.807) is 0 Å². The lowest BCUT2D eigenvalue weighted by Gasteiger charge is -2.05. The van der Waals surface area contributed by atoms with E-state index in [1.807, 2.05) is 0 Å². The summed E-state index contributed by atoms with van der Waals surface area (Å²) in [6.07, 6.45) is 2.17. The summed E-state index contributed by atoms with van der Waals surface area (Å²) in [6, 6.07) is 4.34. The van der Waals surface area contributed by atoms with Crippen LogP contribution in [0.3, 0.4) is 0 Å². The Morgan fingerprint density at radius 1 is 1.25 bits per heavy atom. The van der Waals surface area contributed by atoms with Crippen LogP contribution in [0.4, 0.5) is 0 Å². The van der Waals surface area contributed by atoms with Crippen molar-refractivity contribution in [3.63, 3.8) is 0 Å². The highest BCUT2D eigenvalue weighted by molar-refractivity contribution is 7.90. The van der Waals surface area contributed by atoms with Gasteiger partial charge in [0.2, 0.25) is 10.0 Å². The second-order valence-corrected chi connectivity index (χ2v) is 6.86. The fourth-order valence-corrected chi connectivity index (χ4v) is 2.50. The molecule has 0 atom stereocenters. The van der Waals surface area contributed by atoms with Gasteiger partial charge in [0.1, 0.15) is 0 Å². The normalized spacial score (nSPS) is 14.0. The van der Waals surface area contributed by atoms with E-state index >= 15 is 0 Å². The standard InChI is InChI=1S/C8H12N2O4S2/c1-3-16(13,14)10-7-5-4-6-8(10)9-15(2,11)12/h4-7H,3H2,1-2H3/b9-8-. The molecule has 0 bridgehead atoms. The Balaban J connectivity index is 3.63. The number of pyridine rings is 1.